The Morgan fingerprint density at radius 3 is 2.45 bits per heavy atom. The van der Waals surface area contributed by atoms with E-state index in [-0.39, 0.29) is 0 Å². The molecule has 0 N–H and O–H groups in total. The Bertz CT molecular complexity index is 834. The fraction of sp³-hybridized carbons (Fsp3) is 0.133. The van der Waals surface area contributed by atoms with Crippen LogP contribution in [0.3, 0.4) is 0 Å². The second-order valence-electron chi connectivity index (χ2n) is 4.85. The molecule has 0 fully saturated rings. The van der Waals surface area contributed by atoms with E-state index in [9.17, 15) is 0 Å². The number of aryl methyl sites for hydroxylation is 1. The van der Waals surface area contributed by atoms with Crippen LogP contribution in [0, 0.1) is 13.8 Å². The molecule has 0 saturated carbocycles. The summed E-state index contributed by atoms with van der Waals surface area (Å²) in [4.78, 5) is 0. The fourth-order valence-electron chi connectivity index (χ4n) is 2.32. The van der Waals surface area contributed by atoms with Crippen LogP contribution in [-0.2, 0) is 0 Å². The van der Waals surface area contributed by atoms with Crippen LogP contribution in [0.1, 0.15) is 17.0 Å². The molecule has 0 atom stereocenters. The molecule has 0 aliphatic heterocycles. The first-order valence-electron chi connectivity index (χ1n) is 6.59. The Morgan fingerprint density at radius 1 is 1.05 bits per heavy atom. The van der Waals surface area contributed by atoms with Gasteiger partial charge in [-0.15, -0.1) is 10.2 Å². The summed E-state index contributed by atoms with van der Waals surface area (Å²) >= 11 is 12.1. The normalized spacial score (nSPS) is 11.5. The molecule has 0 bridgehead atoms. The Kier molecular flexibility index (Phi) is 4.00. The van der Waals surface area contributed by atoms with Crippen molar-refractivity contribution in [3.8, 4) is 5.69 Å². The molecular weight excluding hydrogens is 321 g/mol. The van der Waals surface area contributed by atoms with Crippen molar-refractivity contribution < 1.29 is 0 Å². The van der Waals surface area contributed by atoms with Crippen molar-refractivity contribution in [2.45, 2.75) is 13.8 Å². The quantitative estimate of drug-likeness (QED) is 0.683. The van der Waals surface area contributed by atoms with Gasteiger partial charge in [0.25, 0.3) is 0 Å². The Labute approximate surface area is 137 Å². The fourth-order valence-corrected chi connectivity index (χ4v) is 2.62. The molecule has 2 aromatic heterocycles. The average Bonchev–Trinajstić information content (AvgIpc) is 3.09. The first-order valence-corrected chi connectivity index (χ1v) is 7.35. The monoisotopic (exact) mass is 333 g/mol. The third-order valence-electron chi connectivity index (χ3n) is 3.37. The van der Waals surface area contributed by atoms with Crippen molar-refractivity contribution in [2.24, 2.45) is 5.10 Å². The van der Waals surface area contributed by atoms with Gasteiger partial charge in [-0.25, -0.2) is 4.68 Å². The number of rotatable bonds is 3. The van der Waals surface area contributed by atoms with Crippen molar-refractivity contribution in [3.63, 3.8) is 0 Å². The van der Waals surface area contributed by atoms with Crippen LogP contribution in [0.5, 0.6) is 0 Å². The van der Waals surface area contributed by atoms with Gasteiger partial charge in [-0.05, 0) is 38.1 Å². The minimum atomic E-state index is 0.534. The smallest absolute Gasteiger partial charge is 0.141 e. The van der Waals surface area contributed by atoms with E-state index in [2.05, 4.69) is 25.9 Å². The molecule has 2 heterocycles. The third kappa shape index (κ3) is 2.77. The first-order chi connectivity index (χ1) is 10.6. The van der Waals surface area contributed by atoms with Crippen molar-refractivity contribution >= 4 is 29.4 Å². The van der Waals surface area contributed by atoms with Crippen molar-refractivity contribution in [2.75, 3.05) is 0 Å². The maximum absolute atomic E-state index is 6.12. The number of hydrogen-bond donors (Lipinski definition) is 0. The first kappa shape index (κ1) is 14.8. The van der Waals surface area contributed by atoms with Crippen molar-refractivity contribution in [1.29, 1.82) is 0 Å². The van der Waals surface area contributed by atoms with Gasteiger partial charge in [0.05, 0.1) is 16.3 Å². The van der Waals surface area contributed by atoms with Gasteiger partial charge in [0.2, 0.25) is 0 Å². The van der Waals surface area contributed by atoms with Gasteiger partial charge in [-0.2, -0.15) is 5.10 Å². The second kappa shape index (κ2) is 5.94. The average molecular weight is 334 g/mol. The number of benzene rings is 1. The summed E-state index contributed by atoms with van der Waals surface area (Å²) in [7, 11) is 0. The molecule has 0 unspecified atom stereocenters. The van der Waals surface area contributed by atoms with Crippen LogP contribution in [0.15, 0.2) is 42.0 Å². The summed E-state index contributed by atoms with van der Waals surface area (Å²) in [5.41, 5.74) is 4.12. The highest BCUT2D eigenvalue weighted by Gasteiger charge is 2.10. The molecule has 22 heavy (non-hydrogen) atoms. The van der Waals surface area contributed by atoms with Crippen LogP contribution in [-0.4, -0.2) is 25.7 Å². The maximum Gasteiger partial charge on any atom is 0.141 e. The van der Waals surface area contributed by atoms with E-state index in [0.717, 1.165) is 22.6 Å². The molecule has 5 nitrogen and oxygen atoms in total. The lowest BCUT2D eigenvalue weighted by Crippen LogP contribution is -1.99. The van der Waals surface area contributed by atoms with Crippen LogP contribution < -0.4 is 0 Å². The molecule has 0 radical (unpaired) electrons. The summed E-state index contributed by atoms with van der Waals surface area (Å²) in [6, 6.07) is 7.65. The SMILES string of the molecule is Cc1cc(/C=N\n2cnnc2)c(C)n1-c1ccc(Cl)c(Cl)c1. The van der Waals surface area contributed by atoms with Gasteiger partial charge >= 0.3 is 0 Å². The minimum absolute atomic E-state index is 0.534. The highest BCUT2D eigenvalue weighted by molar-refractivity contribution is 6.42. The lowest BCUT2D eigenvalue weighted by molar-refractivity contribution is 0.877. The zero-order valence-electron chi connectivity index (χ0n) is 12.0. The van der Waals surface area contributed by atoms with E-state index in [4.69, 9.17) is 23.2 Å². The summed E-state index contributed by atoms with van der Waals surface area (Å²) in [5, 5.41) is 12.8. The predicted molar refractivity (Wildman–Crippen MR) is 88.3 cm³/mol. The largest absolute Gasteiger partial charge is 0.318 e. The number of nitrogens with zero attached hydrogens (tertiary/aromatic N) is 5. The summed E-state index contributed by atoms with van der Waals surface area (Å²) in [6.07, 6.45) is 4.85. The topological polar surface area (TPSA) is 48.0 Å². The molecule has 0 aliphatic rings. The van der Waals surface area contributed by atoms with E-state index in [1.807, 2.05) is 26.0 Å². The summed E-state index contributed by atoms with van der Waals surface area (Å²) < 4.78 is 3.65. The highest BCUT2D eigenvalue weighted by Crippen LogP contribution is 2.27. The van der Waals surface area contributed by atoms with Gasteiger partial charge in [0.1, 0.15) is 12.7 Å². The minimum Gasteiger partial charge on any atom is -0.318 e. The zero-order valence-corrected chi connectivity index (χ0v) is 13.5. The molecule has 0 saturated heterocycles. The van der Waals surface area contributed by atoms with E-state index in [1.54, 1.807) is 17.0 Å². The van der Waals surface area contributed by atoms with Gasteiger partial charge in [-0.1, -0.05) is 23.2 Å². The van der Waals surface area contributed by atoms with E-state index in [1.165, 1.54) is 12.7 Å². The Balaban J connectivity index is 2.01. The lowest BCUT2D eigenvalue weighted by Gasteiger charge is -2.10. The molecule has 0 aliphatic carbocycles. The van der Waals surface area contributed by atoms with Crippen molar-refractivity contribution in [1.82, 2.24) is 19.4 Å². The van der Waals surface area contributed by atoms with Gasteiger partial charge < -0.3 is 4.57 Å². The third-order valence-corrected chi connectivity index (χ3v) is 4.11. The Hall–Kier alpha value is -2.11. The molecule has 0 spiro atoms. The van der Waals surface area contributed by atoms with E-state index in [0.29, 0.717) is 10.0 Å². The summed E-state index contributed by atoms with van der Waals surface area (Å²) in [5.74, 6) is 0. The Morgan fingerprint density at radius 2 is 1.77 bits per heavy atom. The van der Waals surface area contributed by atoms with Crippen LogP contribution in [0.25, 0.3) is 5.69 Å². The highest BCUT2D eigenvalue weighted by atomic mass is 35.5. The molecule has 1 aromatic carbocycles. The maximum atomic E-state index is 6.12. The molecule has 3 aromatic rings. The number of hydrogen-bond acceptors (Lipinski definition) is 3. The number of aromatic nitrogens is 4. The van der Waals surface area contributed by atoms with Gasteiger partial charge in [-0.3, -0.25) is 0 Å². The molecule has 112 valence electrons. The zero-order chi connectivity index (χ0) is 15.7. The van der Waals surface area contributed by atoms with E-state index >= 15 is 0 Å². The standard InChI is InChI=1S/C15H13Cl2N5/c1-10-5-12(7-20-21-8-18-19-9-21)11(2)22(10)13-3-4-14(16)15(17)6-13/h3-9H,1-2H3/b20-7-. The summed E-state index contributed by atoms with van der Waals surface area (Å²) in [6.45, 7) is 4.06. The number of halogens is 2. The van der Waals surface area contributed by atoms with Gasteiger partial charge in [0, 0.05) is 22.6 Å². The lowest BCUT2D eigenvalue weighted by atomic mass is 10.2. The molecule has 3 rings (SSSR count). The molecular formula is C15H13Cl2N5. The van der Waals surface area contributed by atoms with E-state index < -0.39 is 0 Å². The second-order valence-corrected chi connectivity index (χ2v) is 5.66. The molecule has 7 heteroatoms. The van der Waals surface area contributed by atoms with Crippen LogP contribution >= 0.6 is 23.2 Å². The molecule has 0 amide bonds. The predicted octanol–water partition coefficient (Wildman–Crippen LogP) is 3.87. The van der Waals surface area contributed by atoms with Crippen LogP contribution in [0.2, 0.25) is 10.0 Å². The van der Waals surface area contributed by atoms with Crippen LogP contribution in [0.4, 0.5) is 0 Å². The van der Waals surface area contributed by atoms with Gasteiger partial charge in [0.15, 0.2) is 0 Å². The van der Waals surface area contributed by atoms with Crippen molar-refractivity contribution in [3.05, 3.63) is 63.9 Å².